The van der Waals surface area contributed by atoms with E-state index in [0.717, 1.165) is 54.2 Å². The van der Waals surface area contributed by atoms with E-state index >= 15 is 0 Å². The van der Waals surface area contributed by atoms with Gasteiger partial charge in [-0.2, -0.15) is 13.2 Å². The first-order chi connectivity index (χ1) is 14.2. The van der Waals surface area contributed by atoms with E-state index in [4.69, 9.17) is 21.3 Å². The van der Waals surface area contributed by atoms with Crippen molar-refractivity contribution >= 4 is 22.6 Å². The average molecular weight is 435 g/mol. The molecule has 0 saturated heterocycles. The molecule has 2 heterocycles. The second kappa shape index (κ2) is 6.91. The summed E-state index contributed by atoms with van der Waals surface area (Å²) < 4.78 is 44.8. The van der Waals surface area contributed by atoms with Gasteiger partial charge in [-0.25, -0.2) is 4.98 Å². The van der Waals surface area contributed by atoms with Gasteiger partial charge in [0.2, 0.25) is 0 Å². The highest BCUT2D eigenvalue weighted by Crippen LogP contribution is 2.52. The predicted octanol–water partition coefficient (Wildman–Crippen LogP) is 6.86. The number of hydrogen-bond donors (Lipinski definition) is 1. The molecular formula is C23H22ClF3N2O. The number of benzene rings is 2. The van der Waals surface area contributed by atoms with Gasteiger partial charge in [0.25, 0.3) is 0 Å². The minimum Gasteiger partial charge on any atom is -0.492 e. The number of imidazole rings is 1. The lowest BCUT2D eigenvalue weighted by Gasteiger charge is -2.38. The summed E-state index contributed by atoms with van der Waals surface area (Å²) in [4.78, 5) is 8.14. The number of aromatic amines is 1. The van der Waals surface area contributed by atoms with Gasteiger partial charge in [0.1, 0.15) is 11.6 Å². The van der Waals surface area contributed by atoms with E-state index in [9.17, 15) is 13.2 Å². The van der Waals surface area contributed by atoms with Crippen molar-refractivity contribution in [1.29, 1.82) is 0 Å². The number of fused-ring (bicyclic) bond motifs is 3. The maximum absolute atomic E-state index is 13.0. The molecule has 1 saturated carbocycles. The molecule has 2 aromatic carbocycles. The highest BCUT2D eigenvalue weighted by Gasteiger charge is 2.45. The Morgan fingerprint density at radius 2 is 1.93 bits per heavy atom. The summed E-state index contributed by atoms with van der Waals surface area (Å²) in [7, 11) is 0. The Kier molecular flexibility index (Phi) is 4.54. The lowest BCUT2D eigenvalue weighted by atomic mass is 9.65. The zero-order valence-corrected chi connectivity index (χ0v) is 17.3. The van der Waals surface area contributed by atoms with Crippen molar-refractivity contribution in [2.45, 2.75) is 50.1 Å². The lowest BCUT2D eigenvalue weighted by molar-refractivity contribution is -0.137. The number of hydrogen-bond acceptors (Lipinski definition) is 2. The lowest BCUT2D eigenvalue weighted by Crippen LogP contribution is -2.34. The third-order valence-electron chi connectivity index (χ3n) is 6.97. The molecule has 158 valence electrons. The Balaban J connectivity index is 1.33. The predicted molar refractivity (Wildman–Crippen MR) is 110 cm³/mol. The molecule has 1 spiro atoms. The van der Waals surface area contributed by atoms with Crippen molar-refractivity contribution in [3.63, 3.8) is 0 Å². The molecule has 1 aliphatic carbocycles. The number of nitrogens with one attached hydrogen (secondary N) is 1. The third-order valence-corrected chi connectivity index (χ3v) is 7.21. The van der Waals surface area contributed by atoms with Crippen molar-refractivity contribution in [1.82, 2.24) is 9.97 Å². The standard InChI is InChI=1S/C23H22ClF3N2O/c1-13(21-28-18-5-3-16(24)11-19(18)29-21)14-6-8-22(9-7-14)12-30-20-10-15(23(25,26)27)2-4-17(20)22/h2-5,10-11,13-14H,6-9,12H2,1H3,(H,28,29)/t13-,14?,22?/m1/s1. The van der Waals surface area contributed by atoms with Crippen LogP contribution >= 0.6 is 11.6 Å². The molecule has 7 heteroatoms. The number of ether oxygens (including phenoxy) is 1. The molecular weight excluding hydrogens is 413 g/mol. The summed E-state index contributed by atoms with van der Waals surface area (Å²) in [6.45, 7) is 2.66. The molecule has 2 aliphatic rings. The molecule has 0 amide bonds. The molecule has 0 radical (unpaired) electrons. The smallest absolute Gasteiger partial charge is 0.416 e. The second-order valence-electron chi connectivity index (χ2n) is 8.69. The monoisotopic (exact) mass is 434 g/mol. The highest BCUT2D eigenvalue weighted by molar-refractivity contribution is 6.31. The quantitative estimate of drug-likeness (QED) is 0.478. The van der Waals surface area contributed by atoms with Crippen LogP contribution in [-0.2, 0) is 11.6 Å². The summed E-state index contributed by atoms with van der Waals surface area (Å²) in [5, 5.41) is 0.679. The minimum atomic E-state index is -4.35. The van der Waals surface area contributed by atoms with Crippen LogP contribution in [0.5, 0.6) is 5.75 Å². The van der Waals surface area contributed by atoms with Gasteiger partial charge in [-0.3, -0.25) is 0 Å². The maximum atomic E-state index is 13.0. The normalized spacial score (nSPS) is 24.8. The molecule has 3 nitrogen and oxygen atoms in total. The fourth-order valence-corrected chi connectivity index (χ4v) is 5.27. The molecule has 30 heavy (non-hydrogen) atoms. The second-order valence-corrected chi connectivity index (χ2v) is 9.12. The number of H-pyrrole nitrogens is 1. The van der Waals surface area contributed by atoms with E-state index in [1.54, 1.807) is 6.07 Å². The van der Waals surface area contributed by atoms with Crippen LogP contribution in [0.15, 0.2) is 36.4 Å². The number of nitrogens with zero attached hydrogens (tertiary/aromatic N) is 1. The van der Waals surface area contributed by atoms with Gasteiger partial charge < -0.3 is 9.72 Å². The summed E-state index contributed by atoms with van der Waals surface area (Å²) in [6.07, 6.45) is -0.553. The fourth-order valence-electron chi connectivity index (χ4n) is 5.10. The van der Waals surface area contributed by atoms with E-state index in [1.807, 2.05) is 18.2 Å². The SMILES string of the molecule is C[C@@H](c1nc2ccc(Cl)cc2[nH]1)C1CCC2(CC1)COc1cc(C(F)(F)F)ccc12. The van der Waals surface area contributed by atoms with E-state index in [0.29, 0.717) is 23.3 Å². The van der Waals surface area contributed by atoms with Crippen LogP contribution in [-0.4, -0.2) is 16.6 Å². The van der Waals surface area contributed by atoms with Crippen LogP contribution in [0.25, 0.3) is 11.0 Å². The van der Waals surface area contributed by atoms with Crippen molar-refractivity contribution in [3.8, 4) is 5.75 Å². The Morgan fingerprint density at radius 3 is 2.67 bits per heavy atom. The van der Waals surface area contributed by atoms with Crippen LogP contribution in [0.2, 0.25) is 5.02 Å². The Hall–Kier alpha value is -2.21. The Bertz CT molecular complexity index is 1100. The van der Waals surface area contributed by atoms with Crippen LogP contribution in [0.4, 0.5) is 13.2 Å². The molecule has 0 unspecified atom stereocenters. The maximum Gasteiger partial charge on any atom is 0.416 e. The van der Waals surface area contributed by atoms with Gasteiger partial charge in [0.15, 0.2) is 0 Å². The van der Waals surface area contributed by atoms with Crippen LogP contribution in [0, 0.1) is 5.92 Å². The average Bonchev–Trinajstić information content (AvgIpc) is 3.29. The third kappa shape index (κ3) is 3.25. The Morgan fingerprint density at radius 1 is 1.17 bits per heavy atom. The van der Waals surface area contributed by atoms with Crippen molar-refractivity contribution in [3.05, 3.63) is 58.4 Å². The van der Waals surface area contributed by atoms with Crippen molar-refractivity contribution in [2.75, 3.05) is 6.61 Å². The van der Waals surface area contributed by atoms with Gasteiger partial charge in [-0.1, -0.05) is 24.6 Å². The van der Waals surface area contributed by atoms with Gasteiger partial charge >= 0.3 is 6.18 Å². The van der Waals surface area contributed by atoms with E-state index in [2.05, 4.69) is 11.9 Å². The number of aromatic nitrogens is 2. The minimum absolute atomic E-state index is 0.170. The molecule has 1 aliphatic heterocycles. The van der Waals surface area contributed by atoms with Gasteiger partial charge in [-0.05, 0) is 61.9 Å². The van der Waals surface area contributed by atoms with E-state index in [1.165, 1.54) is 6.07 Å². The number of alkyl halides is 3. The first kappa shape index (κ1) is 19.7. The zero-order valence-electron chi connectivity index (χ0n) is 16.5. The molecule has 5 rings (SSSR count). The zero-order chi connectivity index (χ0) is 21.1. The Labute approximate surface area is 177 Å². The number of halogens is 4. The summed E-state index contributed by atoms with van der Waals surface area (Å²) in [6, 6.07) is 9.60. The summed E-state index contributed by atoms with van der Waals surface area (Å²) >= 11 is 6.08. The first-order valence-corrected chi connectivity index (χ1v) is 10.6. The largest absolute Gasteiger partial charge is 0.492 e. The number of rotatable bonds is 2. The fraction of sp³-hybridized carbons (Fsp3) is 0.435. The van der Waals surface area contributed by atoms with Crippen molar-refractivity contribution < 1.29 is 17.9 Å². The molecule has 1 atom stereocenters. The van der Waals surface area contributed by atoms with Gasteiger partial charge in [0, 0.05) is 21.9 Å². The van der Waals surface area contributed by atoms with Crippen molar-refractivity contribution in [2.24, 2.45) is 5.92 Å². The molecule has 1 aromatic heterocycles. The van der Waals surface area contributed by atoms with E-state index < -0.39 is 11.7 Å². The molecule has 3 aromatic rings. The molecule has 0 bridgehead atoms. The molecule has 1 N–H and O–H groups in total. The topological polar surface area (TPSA) is 37.9 Å². The molecule has 1 fully saturated rings. The first-order valence-electron chi connectivity index (χ1n) is 10.2. The summed E-state index contributed by atoms with van der Waals surface area (Å²) in [5.41, 5.74) is 1.96. The van der Waals surface area contributed by atoms with E-state index in [-0.39, 0.29) is 11.3 Å². The summed E-state index contributed by atoms with van der Waals surface area (Å²) in [5.74, 6) is 2.09. The van der Waals surface area contributed by atoms with Crippen LogP contribution in [0.3, 0.4) is 0 Å². The van der Waals surface area contributed by atoms with Crippen LogP contribution in [0.1, 0.15) is 55.5 Å². The van der Waals surface area contributed by atoms with Crippen LogP contribution < -0.4 is 4.74 Å². The highest BCUT2D eigenvalue weighted by atomic mass is 35.5. The van der Waals surface area contributed by atoms with Gasteiger partial charge in [0.05, 0.1) is 23.2 Å². The van der Waals surface area contributed by atoms with Gasteiger partial charge in [-0.15, -0.1) is 0 Å².